The summed E-state index contributed by atoms with van der Waals surface area (Å²) in [5.41, 5.74) is 5.58. The molecule has 1 unspecified atom stereocenters. The number of hydrogen-bond donors (Lipinski definition) is 2. The molecule has 18 heavy (non-hydrogen) atoms. The van der Waals surface area contributed by atoms with E-state index in [1.165, 1.54) is 11.3 Å². The molecule has 0 aliphatic carbocycles. The van der Waals surface area contributed by atoms with Crippen LogP contribution in [0.2, 0.25) is 0 Å². The molecule has 6 heteroatoms. The van der Waals surface area contributed by atoms with Crippen LogP contribution < -0.4 is 11.1 Å². The van der Waals surface area contributed by atoms with Crippen molar-refractivity contribution in [3.8, 4) is 0 Å². The lowest BCUT2D eigenvalue weighted by molar-refractivity contribution is -0.0158. The number of rotatable bonds is 6. The van der Waals surface area contributed by atoms with Gasteiger partial charge in [0.05, 0.1) is 12.2 Å². The molecule has 2 rings (SSSR count). The van der Waals surface area contributed by atoms with E-state index in [0.29, 0.717) is 18.7 Å². The highest BCUT2D eigenvalue weighted by atomic mass is 32.1. The van der Waals surface area contributed by atoms with Crippen molar-refractivity contribution in [2.45, 2.75) is 18.6 Å². The minimum Gasteiger partial charge on any atom is -0.378 e. The first kappa shape index (κ1) is 13.5. The molecule has 3 N–H and O–H groups in total. The average Bonchev–Trinajstić information content (AvgIpc) is 2.98. The van der Waals surface area contributed by atoms with Gasteiger partial charge in [-0.15, -0.1) is 11.3 Å². The number of thiophene rings is 1. The Labute approximate surface area is 110 Å². The molecule has 1 aliphatic rings. The lowest BCUT2D eigenvalue weighted by atomic mass is 10.0. The predicted molar refractivity (Wildman–Crippen MR) is 69.7 cm³/mol. The van der Waals surface area contributed by atoms with Crippen molar-refractivity contribution in [3.63, 3.8) is 0 Å². The predicted octanol–water partition coefficient (Wildman–Crippen LogP) is 0.742. The normalized spacial score (nSPS) is 23.4. The third-order valence-electron chi connectivity index (χ3n) is 3.18. The summed E-state index contributed by atoms with van der Waals surface area (Å²) >= 11 is 1.53. The molecule has 1 amide bonds. The van der Waals surface area contributed by atoms with E-state index < -0.39 is 0 Å². The van der Waals surface area contributed by atoms with Gasteiger partial charge in [-0.05, 0) is 6.07 Å². The van der Waals surface area contributed by atoms with Crippen LogP contribution in [0.4, 0.5) is 0 Å². The van der Waals surface area contributed by atoms with E-state index in [0.717, 1.165) is 24.4 Å². The van der Waals surface area contributed by atoms with Crippen molar-refractivity contribution in [2.75, 3.05) is 26.9 Å². The van der Waals surface area contributed by atoms with E-state index in [4.69, 9.17) is 15.2 Å². The zero-order valence-corrected chi connectivity index (χ0v) is 11.2. The van der Waals surface area contributed by atoms with Crippen LogP contribution in [0.1, 0.15) is 21.7 Å². The molecule has 0 aromatic carbocycles. The molecule has 100 valence electrons. The van der Waals surface area contributed by atoms with E-state index >= 15 is 0 Å². The third-order valence-corrected chi connectivity index (χ3v) is 4.12. The molecule has 1 fully saturated rings. The maximum atomic E-state index is 11.0. The summed E-state index contributed by atoms with van der Waals surface area (Å²) in [5, 5.41) is 5.12. The Morgan fingerprint density at radius 1 is 1.72 bits per heavy atom. The van der Waals surface area contributed by atoms with Crippen LogP contribution in [0.25, 0.3) is 0 Å². The van der Waals surface area contributed by atoms with Gasteiger partial charge in [-0.25, -0.2) is 0 Å². The van der Waals surface area contributed by atoms with Crippen molar-refractivity contribution in [1.82, 2.24) is 5.32 Å². The standard InChI is InChI=1S/C12H18N2O3S/c1-16-12(2-3-17-8-12)7-14-5-10-4-9(6-18-10)11(13)15/h4,6,14H,2-3,5,7-8H2,1H3,(H2,13,15). The molecule has 1 aliphatic heterocycles. The zero-order chi connectivity index (χ0) is 13.0. The maximum Gasteiger partial charge on any atom is 0.249 e. The number of carbonyl (C=O) groups excluding carboxylic acids is 1. The summed E-state index contributed by atoms with van der Waals surface area (Å²) in [5.74, 6) is -0.380. The van der Waals surface area contributed by atoms with Gasteiger partial charge in [-0.3, -0.25) is 4.79 Å². The van der Waals surface area contributed by atoms with Gasteiger partial charge in [-0.1, -0.05) is 0 Å². The third kappa shape index (κ3) is 3.08. The van der Waals surface area contributed by atoms with E-state index in [9.17, 15) is 4.79 Å². The highest BCUT2D eigenvalue weighted by molar-refractivity contribution is 7.10. The fourth-order valence-corrected chi connectivity index (χ4v) is 2.82. The summed E-state index contributed by atoms with van der Waals surface area (Å²) in [6.45, 7) is 2.84. The second-order valence-electron chi connectivity index (χ2n) is 4.46. The Balaban J connectivity index is 1.82. The van der Waals surface area contributed by atoms with E-state index in [1.54, 1.807) is 12.5 Å². The summed E-state index contributed by atoms with van der Waals surface area (Å²) < 4.78 is 10.9. The topological polar surface area (TPSA) is 73.6 Å². The number of ether oxygens (including phenoxy) is 2. The molecule has 1 aromatic rings. The van der Waals surface area contributed by atoms with Crippen molar-refractivity contribution < 1.29 is 14.3 Å². The molecule has 0 bridgehead atoms. The first-order valence-corrected chi connectivity index (χ1v) is 6.74. The highest BCUT2D eigenvalue weighted by Crippen LogP contribution is 2.22. The van der Waals surface area contributed by atoms with E-state index in [1.807, 2.05) is 6.07 Å². The van der Waals surface area contributed by atoms with Crippen LogP contribution >= 0.6 is 11.3 Å². The second kappa shape index (κ2) is 5.79. The molecule has 0 saturated carbocycles. The Bertz CT molecular complexity index is 413. The largest absolute Gasteiger partial charge is 0.378 e. The number of carbonyl (C=O) groups is 1. The number of amides is 1. The van der Waals surface area contributed by atoms with Crippen LogP contribution in [-0.4, -0.2) is 38.4 Å². The lowest BCUT2D eigenvalue weighted by Crippen LogP contribution is -2.42. The molecule has 0 spiro atoms. The number of nitrogens with two attached hydrogens (primary N) is 1. The van der Waals surface area contributed by atoms with Crippen molar-refractivity contribution >= 4 is 17.2 Å². The van der Waals surface area contributed by atoms with Crippen molar-refractivity contribution in [2.24, 2.45) is 5.73 Å². The molecular weight excluding hydrogens is 252 g/mol. The Morgan fingerprint density at radius 3 is 3.11 bits per heavy atom. The molecule has 0 radical (unpaired) electrons. The average molecular weight is 270 g/mol. The first-order valence-electron chi connectivity index (χ1n) is 5.86. The van der Waals surface area contributed by atoms with Crippen LogP contribution in [0, 0.1) is 0 Å². The quantitative estimate of drug-likeness (QED) is 0.799. The zero-order valence-electron chi connectivity index (χ0n) is 10.4. The van der Waals surface area contributed by atoms with E-state index in [-0.39, 0.29) is 11.5 Å². The van der Waals surface area contributed by atoms with Gasteiger partial charge >= 0.3 is 0 Å². The minimum absolute atomic E-state index is 0.205. The molecule has 1 atom stereocenters. The van der Waals surface area contributed by atoms with Crippen LogP contribution in [0.5, 0.6) is 0 Å². The SMILES string of the molecule is COC1(CNCc2cc(C(N)=O)cs2)CCOC1. The minimum atomic E-state index is -0.380. The van der Waals surface area contributed by atoms with Crippen LogP contribution in [0.3, 0.4) is 0 Å². The van der Waals surface area contributed by atoms with Gasteiger partial charge in [-0.2, -0.15) is 0 Å². The van der Waals surface area contributed by atoms with Gasteiger partial charge < -0.3 is 20.5 Å². The summed E-state index contributed by atoms with van der Waals surface area (Å²) in [7, 11) is 1.71. The highest BCUT2D eigenvalue weighted by Gasteiger charge is 2.34. The molecule has 1 aromatic heterocycles. The Kier molecular flexibility index (Phi) is 4.34. The number of nitrogens with one attached hydrogen (secondary N) is 1. The Morgan fingerprint density at radius 2 is 2.56 bits per heavy atom. The maximum absolute atomic E-state index is 11.0. The lowest BCUT2D eigenvalue weighted by Gasteiger charge is -2.25. The van der Waals surface area contributed by atoms with Crippen LogP contribution in [-0.2, 0) is 16.0 Å². The Hall–Kier alpha value is -0.950. The number of hydrogen-bond acceptors (Lipinski definition) is 5. The van der Waals surface area contributed by atoms with Gasteiger partial charge in [0, 0.05) is 43.5 Å². The fourth-order valence-electron chi connectivity index (χ4n) is 1.98. The summed E-state index contributed by atoms with van der Waals surface area (Å²) in [4.78, 5) is 12.1. The molecule has 1 saturated heterocycles. The van der Waals surface area contributed by atoms with Gasteiger partial charge in [0.1, 0.15) is 5.60 Å². The molecule has 2 heterocycles. The van der Waals surface area contributed by atoms with Crippen molar-refractivity contribution in [1.29, 1.82) is 0 Å². The number of methoxy groups -OCH3 is 1. The van der Waals surface area contributed by atoms with Gasteiger partial charge in [0.2, 0.25) is 5.91 Å². The van der Waals surface area contributed by atoms with Gasteiger partial charge in [0.25, 0.3) is 0 Å². The van der Waals surface area contributed by atoms with Crippen LogP contribution in [0.15, 0.2) is 11.4 Å². The van der Waals surface area contributed by atoms with Gasteiger partial charge in [0.15, 0.2) is 0 Å². The van der Waals surface area contributed by atoms with E-state index in [2.05, 4.69) is 5.32 Å². The smallest absolute Gasteiger partial charge is 0.249 e. The monoisotopic (exact) mass is 270 g/mol. The summed E-state index contributed by atoms with van der Waals surface area (Å²) in [6.07, 6.45) is 0.910. The molecule has 5 nitrogen and oxygen atoms in total. The first-order chi connectivity index (χ1) is 8.65. The summed E-state index contributed by atoms with van der Waals surface area (Å²) in [6, 6.07) is 1.82. The van der Waals surface area contributed by atoms with Crippen molar-refractivity contribution in [3.05, 3.63) is 21.9 Å². The fraction of sp³-hybridized carbons (Fsp3) is 0.583. The second-order valence-corrected chi connectivity index (χ2v) is 5.46. The molecular formula is C12H18N2O3S. The number of primary amides is 1.